The van der Waals surface area contributed by atoms with Crippen LogP contribution in [0.1, 0.15) is 5.69 Å². The normalized spacial score (nSPS) is 11.4. The molecule has 0 spiro atoms. The van der Waals surface area contributed by atoms with Gasteiger partial charge in [0.2, 0.25) is 11.7 Å². The lowest BCUT2D eigenvalue weighted by molar-refractivity contribution is -0.142. The molecule has 1 aromatic carbocycles. The number of anilines is 1. The predicted octanol–water partition coefficient (Wildman–Crippen LogP) is 2.82. The van der Waals surface area contributed by atoms with E-state index in [0.717, 1.165) is 0 Å². The first-order valence-corrected chi connectivity index (χ1v) is 5.55. The van der Waals surface area contributed by atoms with E-state index in [9.17, 15) is 18.0 Å². The molecule has 0 bridgehead atoms. The molecule has 0 saturated heterocycles. The Kier molecular flexibility index (Phi) is 3.58. The molecular weight excluding hydrogens is 299 g/mol. The van der Waals surface area contributed by atoms with Crippen LogP contribution in [-0.2, 0) is 6.18 Å². The Bertz CT molecular complexity index is 700. The number of nitrogens with two attached hydrogens (primary N) is 1. The minimum Gasteiger partial charge on any atom is -0.449 e. The molecule has 1 aromatic heterocycles. The van der Waals surface area contributed by atoms with Crippen molar-refractivity contribution in [3.63, 3.8) is 0 Å². The SMILES string of the molecule is Nc1nc(C(F)(F)F)c(Oc2cccc(Cl)c2)c(=O)[nH]1. The molecule has 0 aliphatic rings. The van der Waals surface area contributed by atoms with Crippen LogP contribution in [0.4, 0.5) is 19.1 Å². The van der Waals surface area contributed by atoms with Crippen LogP contribution in [0.3, 0.4) is 0 Å². The van der Waals surface area contributed by atoms with E-state index < -0.39 is 29.1 Å². The van der Waals surface area contributed by atoms with Crippen molar-refractivity contribution in [2.24, 2.45) is 0 Å². The zero-order valence-electron chi connectivity index (χ0n) is 9.66. The maximum Gasteiger partial charge on any atom is 0.437 e. The first-order valence-electron chi connectivity index (χ1n) is 5.18. The molecule has 0 fully saturated rings. The van der Waals surface area contributed by atoms with Crippen molar-refractivity contribution in [2.75, 3.05) is 5.73 Å². The number of halogens is 4. The van der Waals surface area contributed by atoms with Gasteiger partial charge in [0.1, 0.15) is 5.75 Å². The summed E-state index contributed by atoms with van der Waals surface area (Å²) in [6.07, 6.45) is -4.88. The molecular formula is C11H7ClF3N3O2. The van der Waals surface area contributed by atoms with Gasteiger partial charge < -0.3 is 10.5 Å². The fraction of sp³-hybridized carbons (Fsp3) is 0.0909. The molecule has 3 N–H and O–H groups in total. The Morgan fingerprint density at radius 2 is 2.05 bits per heavy atom. The number of hydrogen-bond donors (Lipinski definition) is 2. The average Bonchev–Trinajstić information content (AvgIpc) is 2.31. The van der Waals surface area contributed by atoms with Gasteiger partial charge in [-0.05, 0) is 18.2 Å². The highest BCUT2D eigenvalue weighted by Gasteiger charge is 2.38. The van der Waals surface area contributed by atoms with Gasteiger partial charge in [-0.15, -0.1) is 0 Å². The Hall–Kier alpha value is -2.22. The Morgan fingerprint density at radius 1 is 1.35 bits per heavy atom. The number of benzene rings is 1. The summed E-state index contributed by atoms with van der Waals surface area (Å²) >= 11 is 5.68. The smallest absolute Gasteiger partial charge is 0.437 e. The quantitative estimate of drug-likeness (QED) is 0.894. The van der Waals surface area contributed by atoms with Crippen LogP contribution in [0.2, 0.25) is 5.02 Å². The van der Waals surface area contributed by atoms with Crippen LogP contribution < -0.4 is 16.0 Å². The molecule has 106 valence electrons. The third kappa shape index (κ3) is 3.02. The maximum absolute atomic E-state index is 12.8. The summed E-state index contributed by atoms with van der Waals surface area (Å²) in [5.41, 5.74) is 2.46. The molecule has 9 heteroatoms. The third-order valence-corrected chi connectivity index (χ3v) is 2.41. The highest BCUT2D eigenvalue weighted by molar-refractivity contribution is 6.30. The lowest BCUT2D eigenvalue weighted by atomic mass is 10.3. The topological polar surface area (TPSA) is 81.0 Å². The fourth-order valence-electron chi connectivity index (χ4n) is 1.41. The molecule has 5 nitrogen and oxygen atoms in total. The van der Waals surface area contributed by atoms with Crippen LogP contribution in [0, 0.1) is 0 Å². The van der Waals surface area contributed by atoms with Crippen LogP contribution in [-0.4, -0.2) is 9.97 Å². The van der Waals surface area contributed by atoms with E-state index in [-0.39, 0.29) is 10.8 Å². The summed E-state index contributed by atoms with van der Waals surface area (Å²) < 4.78 is 43.4. The zero-order chi connectivity index (χ0) is 14.9. The number of nitrogens with zero attached hydrogens (tertiary/aromatic N) is 1. The third-order valence-electron chi connectivity index (χ3n) is 2.18. The van der Waals surface area contributed by atoms with Crippen molar-refractivity contribution in [2.45, 2.75) is 6.18 Å². The second kappa shape index (κ2) is 5.04. The first-order chi connectivity index (χ1) is 9.27. The molecule has 0 atom stereocenters. The highest BCUT2D eigenvalue weighted by Crippen LogP contribution is 2.35. The molecule has 0 aliphatic carbocycles. The number of alkyl halides is 3. The van der Waals surface area contributed by atoms with E-state index in [4.69, 9.17) is 22.1 Å². The largest absolute Gasteiger partial charge is 0.449 e. The van der Waals surface area contributed by atoms with Crippen LogP contribution in [0.15, 0.2) is 29.1 Å². The molecule has 0 amide bonds. The van der Waals surface area contributed by atoms with E-state index in [0.29, 0.717) is 0 Å². The van der Waals surface area contributed by atoms with E-state index >= 15 is 0 Å². The number of nitrogens with one attached hydrogen (secondary N) is 1. The van der Waals surface area contributed by atoms with E-state index in [1.807, 2.05) is 4.98 Å². The van der Waals surface area contributed by atoms with Gasteiger partial charge in [0.25, 0.3) is 5.56 Å². The summed E-state index contributed by atoms with van der Waals surface area (Å²) in [7, 11) is 0. The van der Waals surface area contributed by atoms with Gasteiger partial charge in [-0.3, -0.25) is 9.78 Å². The van der Waals surface area contributed by atoms with Crippen LogP contribution in [0.25, 0.3) is 0 Å². The van der Waals surface area contributed by atoms with Gasteiger partial charge in [-0.25, -0.2) is 4.98 Å². The highest BCUT2D eigenvalue weighted by atomic mass is 35.5. The summed E-state index contributed by atoms with van der Waals surface area (Å²) in [6.45, 7) is 0. The lowest BCUT2D eigenvalue weighted by Crippen LogP contribution is -2.21. The minimum atomic E-state index is -4.88. The van der Waals surface area contributed by atoms with Crippen LogP contribution >= 0.6 is 11.6 Å². The number of ether oxygens (including phenoxy) is 1. The van der Waals surface area contributed by atoms with Crippen molar-refractivity contribution >= 4 is 17.5 Å². The molecule has 0 unspecified atom stereocenters. The molecule has 1 heterocycles. The van der Waals surface area contributed by atoms with E-state index in [1.165, 1.54) is 24.3 Å². The Morgan fingerprint density at radius 3 is 2.65 bits per heavy atom. The standard InChI is InChI=1S/C11H7ClF3N3O2/c12-5-2-1-3-6(4-5)20-7-8(11(13,14)15)17-10(16)18-9(7)19/h1-4H,(H3,16,17,18,19). The fourth-order valence-corrected chi connectivity index (χ4v) is 1.60. The van der Waals surface area contributed by atoms with Gasteiger partial charge in [-0.1, -0.05) is 17.7 Å². The number of H-pyrrole nitrogens is 1. The summed E-state index contributed by atoms with van der Waals surface area (Å²) in [5, 5.41) is 0.246. The Labute approximate surface area is 115 Å². The van der Waals surface area contributed by atoms with Crippen LogP contribution in [0.5, 0.6) is 11.5 Å². The number of aromatic amines is 1. The summed E-state index contributed by atoms with van der Waals surface area (Å²) in [5.74, 6) is -1.67. The molecule has 2 aromatic rings. The second-order valence-corrected chi connectivity index (χ2v) is 4.12. The van der Waals surface area contributed by atoms with Crippen molar-refractivity contribution in [3.8, 4) is 11.5 Å². The zero-order valence-corrected chi connectivity index (χ0v) is 10.4. The number of nitrogen functional groups attached to an aromatic ring is 1. The lowest BCUT2D eigenvalue weighted by Gasteiger charge is -2.12. The minimum absolute atomic E-state index is 0.0277. The van der Waals surface area contributed by atoms with Gasteiger partial charge in [0.05, 0.1) is 0 Å². The van der Waals surface area contributed by atoms with Crippen molar-refractivity contribution in [1.82, 2.24) is 9.97 Å². The van der Waals surface area contributed by atoms with E-state index in [2.05, 4.69) is 4.98 Å². The molecule has 2 rings (SSSR count). The molecule has 0 radical (unpaired) electrons. The predicted molar refractivity (Wildman–Crippen MR) is 65.8 cm³/mol. The van der Waals surface area contributed by atoms with Gasteiger partial charge in [0, 0.05) is 5.02 Å². The molecule has 0 aliphatic heterocycles. The van der Waals surface area contributed by atoms with E-state index in [1.54, 1.807) is 0 Å². The maximum atomic E-state index is 12.8. The monoisotopic (exact) mass is 305 g/mol. The molecule has 20 heavy (non-hydrogen) atoms. The Balaban J connectivity index is 2.54. The van der Waals surface area contributed by atoms with Crippen molar-refractivity contribution in [3.05, 3.63) is 45.3 Å². The average molecular weight is 306 g/mol. The molecule has 0 saturated carbocycles. The van der Waals surface area contributed by atoms with Crippen molar-refractivity contribution < 1.29 is 17.9 Å². The summed E-state index contributed by atoms with van der Waals surface area (Å²) in [6, 6.07) is 5.58. The van der Waals surface area contributed by atoms with Gasteiger partial charge in [0.15, 0.2) is 5.69 Å². The number of aromatic nitrogens is 2. The first kappa shape index (κ1) is 14.2. The number of hydrogen-bond acceptors (Lipinski definition) is 4. The number of rotatable bonds is 2. The van der Waals surface area contributed by atoms with Crippen molar-refractivity contribution in [1.29, 1.82) is 0 Å². The van der Waals surface area contributed by atoms with Gasteiger partial charge in [-0.2, -0.15) is 13.2 Å². The second-order valence-electron chi connectivity index (χ2n) is 3.69. The van der Waals surface area contributed by atoms with Gasteiger partial charge >= 0.3 is 6.18 Å². The summed E-state index contributed by atoms with van der Waals surface area (Å²) in [4.78, 5) is 16.6.